The molecule has 7 aromatic rings. The smallest absolute Gasteiger partial charge is 0.407 e. The number of nitrogens with two attached hydrogens (primary N) is 2. The number of aromatic nitrogens is 4. The molecule has 4 aliphatic heterocycles. The first-order valence-corrected chi connectivity index (χ1v) is 26.6. The van der Waals surface area contributed by atoms with Crippen LogP contribution in [0.15, 0.2) is 59.4 Å². The SMILES string of the molecule is C=C(COC(=O)NCC(=O)OC1(CC)C(=O)OCc2c1cc1n(c2=O)Cc2cc3cc(N)c(F)cc3nc2-1)C(=O)N1CCN(c2nc(OCC3CCCN3C)nc3c(F)c(-c4ccc(F)c5sc(N)c(C#N)c45)c(Cl)cc23)C(C)C1. The summed E-state index contributed by atoms with van der Waals surface area (Å²) in [5.41, 5.74) is 10.8. The molecule has 5 N–H and O–H groups in total. The molecule has 0 bridgehead atoms. The molecular formula is C55H49ClF3N11O9S. The Balaban J connectivity index is 0.760. The van der Waals surface area contributed by atoms with Crippen LogP contribution in [0.3, 0.4) is 0 Å². The Morgan fingerprint density at radius 2 is 1.86 bits per heavy atom. The van der Waals surface area contributed by atoms with Crippen LogP contribution in [0.2, 0.25) is 5.02 Å². The van der Waals surface area contributed by atoms with E-state index in [1.54, 1.807) is 13.0 Å². The predicted molar refractivity (Wildman–Crippen MR) is 290 cm³/mol. The van der Waals surface area contributed by atoms with Crippen molar-refractivity contribution in [2.24, 2.45) is 0 Å². The molecule has 4 aromatic heterocycles. The summed E-state index contributed by atoms with van der Waals surface area (Å²) in [5.74, 6) is -4.46. The number of ether oxygens (including phenoxy) is 4. The largest absolute Gasteiger partial charge is 0.462 e. The molecule has 0 aliphatic carbocycles. The van der Waals surface area contributed by atoms with Crippen molar-refractivity contribution < 1.29 is 51.3 Å². The Kier molecular flexibility index (Phi) is 13.8. The summed E-state index contributed by atoms with van der Waals surface area (Å²) in [4.78, 5) is 87.2. The van der Waals surface area contributed by atoms with Gasteiger partial charge in [0, 0.05) is 76.2 Å². The number of nitrogen functional groups attached to an aromatic ring is 2. The van der Waals surface area contributed by atoms with Crippen LogP contribution >= 0.6 is 22.9 Å². The minimum absolute atomic E-state index is 0.0126. The molecule has 3 aromatic carbocycles. The van der Waals surface area contributed by atoms with E-state index in [9.17, 15) is 33.6 Å². The van der Waals surface area contributed by atoms with Crippen LogP contribution in [-0.2, 0) is 47.3 Å². The van der Waals surface area contributed by atoms with Gasteiger partial charge in [0.05, 0.1) is 50.0 Å². The number of benzene rings is 3. The van der Waals surface area contributed by atoms with E-state index >= 15 is 8.78 Å². The number of nitrogens with zero attached hydrogens (tertiary/aromatic N) is 8. The van der Waals surface area contributed by atoms with Crippen molar-refractivity contribution in [2.45, 2.75) is 63.9 Å². The summed E-state index contributed by atoms with van der Waals surface area (Å²) in [7, 11) is 1.98. The first kappa shape index (κ1) is 53.5. The Bertz CT molecular complexity index is 3960. The van der Waals surface area contributed by atoms with Crippen LogP contribution in [0, 0.1) is 28.8 Å². The first-order valence-electron chi connectivity index (χ1n) is 25.4. The Hall–Kier alpha value is -8.53. The fourth-order valence-electron chi connectivity index (χ4n) is 11.1. The van der Waals surface area contributed by atoms with Crippen LogP contribution < -0.4 is 32.0 Å². The van der Waals surface area contributed by atoms with Gasteiger partial charge in [-0.25, -0.2) is 27.7 Å². The number of hydrogen-bond donors (Lipinski definition) is 3. The summed E-state index contributed by atoms with van der Waals surface area (Å²) >= 11 is 7.80. The molecular weight excluding hydrogens is 1080 g/mol. The highest BCUT2D eigenvalue weighted by molar-refractivity contribution is 7.23. The third-order valence-electron chi connectivity index (χ3n) is 15.2. The van der Waals surface area contributed by atoms with Crippen LogP contribution in [0.1, 0.15) is 55.4 Å². The van der Waals surface area contributed by atoms with Gasteiger partial charge >= 0.3 is 24.0 Å². The second kappa shape index (κ2) is 20.6. The van der Waals surface area contributed by atoms with Crippen LogP contribution in [0.25, 0.3) is 54.4 Å². The Morgan fingerprint density at radius 3 is 2.60 bits per heavy atom. The van der Waals surface area contributed by atoms with E-state index in [4.69, 9.17) is 47.0 Å². The molecule has 80 heavy (non-hydrogen) atoms. The summed E-state index contributed by atoms with van der Waals surface area (Å²) in [6.07, 6.45) is 0.567. The molecule has 4 aliphatic rings. The maximum absolute atomic E-state index is 17.3. The van der Waals surface area contributed by atoms with Gasteiger partial charge in [0.1, 0.15) is 60.4 Å². The van der Waals surface area contributed by atoms with E-state index in [0.29, 0.717) is 22.3 Å². The second-order valence-corrected chi connectivity index (χ2v) is 21.5. The zero-order chi connectivity index (χ0) is 56.6. The number of carbonyl (C=O) groups excluding carboxylic acids is 4. The molecule has 2 saturated heterocycles. The summed E-state index contributed by atoms with van der Waals surface area (Å²) < 4.78 is 71.0. The van der Waals surface area contributed by atoms with Crippen molar-refractivity contribution in [3.8, 4) is 34.6 Å². The van der Waals surface area contributed by atoms with Crippen LogP contribution in [-0.4, -0.2) is 118 Å². The van der Waals surface area contributed by atoms with Crippen molar-refractivity contribution in [3.63, 3.8) is 0 Å². The van der Waals surface area contributed by atoms with Crippen LogP contribution in [0.5, 0.6) is 6.01 Å². The quantitative estimate of drug-likeness (QED) is 0.0479. The number of nitrogens with one attached hydrogen (secondary N) is 1. The molecule has 0 spiro atoms. The van der Waals surface area contributed by atoms with E-state index in [1.165, 1.54) is 39.8 Å². The lowest BCUT2D eigenvalue weighted by Gasteiger charge is -2.41. The summed E-state index contributed by atoms with van der Waals surface area (Å²) in [6.45, 7) is 7.09. The number of nitriles is 1. The third-order valence-corrected chi connectivity index (χ3v) is 16.6. The molecule has 412 valence electrons. The number of hydrogen-bond acceptors (Lipinski definition) is 18. The zero-order valence-corrected chi connectivity index (χ0v) is 44.8. The molecule has 2 fully saturated rings. The average molecular weight is 1130 g/mol. The number of fused-ring (bicyclic) bond motifs is 7. The van der Waals surface area contributed by atoms with Gasteiger partial charge in [-0.1, -0.05) is 31.2 Å². The number of amides is 2. The summed E-state index contributed by atoms with van der Waals surface area (Å²) in [6, 6.07) is 11.4. The zero-order valence-electron chi connectivity index (χ0n) is 43.2. The number of thiophene rings is 1. The Labute approximate surface area is 462 Å². The minimum Gasteiger partial charge on any atom is -0.462 e. The lowest BCUT2D eigenvalue weighted by atomic mass is 9.85. The minimum atomic E-state index is -2.09. The fraction of sp³-hybridized carbons (Fsp3) is 0.327. The standard InChI is InChI=1S/C55H49ClF3N11O9S/c1-5-55(34-16-40-45-28(13-27-14-38(61)37(58)17-39(27)64-45)21-70(40)51(73)33(34)24-76-52(55)74)79-41(71)19-63-54(75)78-22-25(2)50(72)68-11-12-69(26(3)20-68)49-31-15-35(56)43(30-8-9-36(57)47-42(30)32(18-60)48(62)80-47)44(59)46(31)65-53(66-49)77-23-29-7-6-10-67(29)4/h8-9,13-17,26,29H,2,5-7,10-12,19-24,61-62H2,1,3-4H3,(H,63,75). The van der Waals surface area contributed by atoms with Gasteiger partial charge in [-0.05, 0) is 75.7 Å². The molecule has 2 amide bonds. The van der Waals surface area contributed by atoms with Gasteiger partial charge in [0.25, 0.3) is 11.5 Å². The highest BCUT2D eigenvalue weighted by atomic mass is 35.5. The van der Waals surface area contributed by atoms with Crippen molar-refractivity contribution in [1.82, 2.24) is 34.6 Å². The molecule has 11 rings (SSSR count). The second-order valence-electron chi connectivity index (χ2n) is 20.0. The van der Waals surface area contributed by atoms with Crippen molar-refractivity contribution in [1.29, 1.82) is 5.26 Å². The number of anilines is 3. The van der Waals surface area contributed by atoms with E-state index in [1.807, 2.05) is 24.9 Å². The topological polar surface area (TPSA) is 263 Å². The third kappa shape index (κ3) is 9.07. The number of piperazine rings is 1. The number of likely N-dealkylation sites (tertiary alicyclic amines) is 1. The molecule has 20 nitrogen and oxygen atoms in total. The van der Waals surface area contributed by atoms with E-state index < -0.39 is 78.4 Å². The summed E-state index contributed by atoms with van der Waals surface area (Å²) in [5, 5.41) is 13.2. The number of alkyl carbamates (subject to hydrolysis) is 1. The first-order chi connectivity index (χ1) is 38.3. The maximum Gasteiger partial charge on any atom is 0.407 e. The fourth-order valence-corrected chi connectivity index (χ4v) is 12.3. The number of halogens is 4. The number of likely N-dealkylation sites (N-methyl/N-ethyl adjacent to an activating group) is 1. The van der Waals surface area contributed by atoms with Crippen LogP contribution in [0.4, 0.5) is 34.5 Å². The van der Waals surface area contributed by atoms with Crippen molar-refractivity contribution >= 4 is 95.3 Å². The van der Waals surface area contributed by atoms with Gasteiger partial charge in [-0.2, -0.15) is 15.2 Å². The molecule has 0 saturated carbocycles. The lowest BCUT2D eigenvalue weighted by Crippen LogP contribution is -2.54. The number of cyclic esters (lactones) is 1. The highest BCUT2D eigenvalue weighted by Crippen LogP contribution is 2.47. The molecule has 8 heterocycles. The Morgan fingerprint density at radius 1 is 1.06 bits per heavy atom. The van der Waals surface area contributed by atoms with E-state index in [2.05, 4.69) is 26.8 Å². The lowest BCUT2D eigenvalue weighted by molar-refractivity contribution is -0.188. The highest BCUT2D eigenvalue weighted by Gasteiger charge is 2.50. The average Bonchev–Trinajstić information content (AvgIpc) is 4.32. The number of rotatable bonds is 12. The predicted octanol–water partition coefficient (Wildman–Crippen LogP) is 7.05. The molecule has 25 heteroatoms. The molecule has 3 atom stereocenters. The normalized spacial score (nSPS) is 18.6. The molecule has 0 radical (unpaired) electrons. The van der Waals surface area contributed by atoms with Crippen molar-refractivity contribution in [3.05, 3.63) is 110 Å². The molecule has 3 unspecified atom stereocenters. The number of carbonyl (C=O) groups is 4. The van der Waals surface area contributed by atoms with Gasteiger partial charge in [0.15, 0.2) is 5.82 Å². The maximum atomic E-state index is 17.3. The van der Waals surface area contributed by atoms with Gasteiger partial charge in [-0.3, -0.25) is 14.4 Å². The van der Waals surface area contributed by atoms with Gasteiger partial charge in [0.2, 0.25) is 5.60 Å². The number of pyridine rings is 2. The number of esters is 2. The van der Waals surface area contributed by atoms with Gasteiger partial charge < -0.3 is 55.0 Å². The van der Waals surface area contributed by atoms with E-state index in [0.717, 1.165) is 36.8 Å². The monoisotopic (exact) mass is 1130 g/mol. The van der Waals surface area contributed by atoms with E-state index in [-0.39, 0.29) is 133 Å². The van der Waals surface area contributed by atoms with Gasteiger partial charge in [-0.15, -0.1) is 11.3 Å². The van der Waals surface area contributed by atoms with Crippen molar-refractivity contribution in [2.75, 3.05) is 69.4 Å².